The summed E-state index contributed by atoms with van der Waals surface area (Å²) in [7, 11) is 1.45. The fourth-order valence-electron chi connectivity index (χ4n) is 2.68. The van der Waals surface area contributed by atoms with Gasteiger partial charge in [0.2, 0.25) is 6.79 Å². The smallest absolute Gasteiger partial charge is 0.343 e. The molecule has 0 aliphatic rings. The minimum atomic E-state index is -0.570. The van der Waals surface area contributed by atoms with Crippen molar-refractivity contribution in [2.24, 2.45) is 0 Å². The number of carbonyl (C=O) groups is 4. The van der Waals surface area contributed by atoms with Gasteiger partial charge in [-0.1, -0.05) is 31.4 Å². The Kier molecular flexibility index (Phi) is 13.0. The number of methoxy groups -OCH3 is 1. The monoisotopic (exact) mass is 562 g/mol. The van der Waals surface area contributed by atoms with E-state index in [2.05, 4.69) is 22.6 Å². The number of hydrogen-bond acceptors (Lipinski definition) is 10. The number of ether oxygens (including phenoxy) is 6. The summed E-state index contributed by atoms with van der Waals surface area (Å²) >= 11 is 0. The van der Waals surface area contributed by atoms with E-state index in [1.807, 2.05) is 6.07 Å². The topological polar surface area (TPSA) is 124 Å². The molecule has 0 aromatic heterocycles. The molecule has 0 fully saturated rings. The molecule has 10 heteroatoms. The Balaban J connectivity index is 0.000000564. The third-order valence-electron chi connectivity index (χ3n) is 4.76. The van der Waals surface area contributed by atoms with Crippen molar-refractivity contribution in [3.05, 3.63) is 114 Å². The molecule has 0 saturated heterocycles. The molecule has 41 heavy (non-hydrogen) atoms. The van der Waals surface area contributed by atoms with Crippen molar-refractivity contribution in [2.45, 2.75) is 13.8 Å². The van der Waals surface area contributed by atoms with Crippen LogP contribution in [0.2, 0.25) is 0 Å². The quantitative estimate of drug-likeness (QED) is 0.132. The Morgan fingerprint density at radius 2 is 1.00 bits per heavy atom. The maximum absolute atomic E-state index is 12.3. The molecule has 0 aliphatic carbocycles. The summed E-state index contributed by atoms with van der Waals surface area (Å²) in [5.41, 5.74) is 1.39. The van der Waals surface area contributed by atoms with Gasteiger partial charge in [-0.2, -0.15) is 0 Å². The molecule has 3 rings (SSSR count). The summed E-state index contributed by atoms with van der Waals surface area (Å²) in [4.78, 5) is 46.2. The summed E-state index contributed by atoms with van der Waals surface area (Å²) < 4.78 is 29.7. The van der Waals surface area contributed by atoms with E-state index in [1.54, 1.807) is 43.3 Å². The van der Waals surface area contributed by atoms with E-state index in [-0.39, 0.29) is 19.2 Å². The third kappa shape index (κ3) is 11.6. The van der Waals surface area contributed by atoms with Gasteiger partial charge in [-0.15, -0.1) is 0 Å². The Morgan fingerprint density at radius 1 is 0.585 bits per heavy atom. The highest BCUT2D eigenvalue weighted by Crippen LogP contribution is 2.20. The number of benzene rings is 3. The first kappa shape index (κ1) is 32.0. The Morgan fingerprint density at radius 3 is 1.44 bits per heavy atom. The van der Waals surface area contributed by atoms with Gasteiger partial charge in [-0.25, -0.2) is 19.2 Å². The fourth-order valence-corrected chi connectivity index (χ4v) is 2.68. The van der Waals surface area contributed by atoms with Crippen LogP contribution in [-0.2, 0) is 23.8 Å². The first-order chi connectivity index (χ1) is 19.6. The second kappa shape index (κ2) is 16.7. The largest absolute Gasteiger partial charge is 0.457 e. The van der Waals surface area contributed by atoms with Gasteiger partial charge in [0.15, 0.2) is 6.79 Å². The number of carbonyl (C=O) groups excluding carboxylic acids is 4. The predicted molar refractivity (Wildman–Crippen MR) is 148 cm³/mol. The lowest BCUT2D eigenvalue weighted by molar-refractivity contribution is -0.149. The van der Waals surface area contributed by atoms with Crippen LogP contribution in [0.1, 0.15) is 34.6 Å². The zero-order chi connectivity index (χ0) is 30.2. The van der Waals surface area contributed by atoms with E-state index in [4.69, 9.17) is 18.9 Å². The summed E-state index contributed by atoms with van der Waals surface area (Å²) in [6.45, 7) is 9.69. The maximum Gasteiger partial charge on any atom is 0.343 e. The van der Waals surface area contributed by atoms with E-state index in [9.17, 15) is 19.2 Å². The Labute approximate surface area is 237 Å². The second-order valence-electron chi connectivity index (χ2n) is 8.23. The molecular formula is C31H30O10. The van der Waals surface area contributed by atoms with Crippen LogP contribution in [0.4, 0.5) is 0 Å². The molecule has 0 radical (unpaired) electrons. The minimum Gasteiger partial charge on any atom is -0.457 e. The van der Waals surface area contributed by atoms with E-state index >= 15 is 0 Å². The summed E-state index contributed by atoms with van der Waals surface area (Å²) in [5.74, 6) is -0.982. The average Bonchev–Trinajstić information content (AvgIpc) is 2.97. The van der Waals surface area contributed by atoms with Gasteiger partial charge in [0.25, 0.3) is 0 Å². The van der Waals surface area contributed by atoms with Gasteiger partial charge < -0.3 is 28.4 Å². The van der Waals surface area contributed by atoms with Crippen molar-refractivity contribution in [1.82, 2.24) is 0 Å². The molecule has 0 aliphatic heterocycles. The molecule has 3 aromatic rings. The first-order valence-corrected chi connectivity index (χ1v) is 12.1. The van der Waals surface area contributed by atoms with Crippen molar-refractivity contribution in [3.8, 4) is 17.2 Å². The van der Waals surface area contributed by atoms with Gasteiger partial charge in [-0.3, -0.25) is 0 Å². The van der Waals surface area contributed by atoms with Crippen LogP contribution < -0.4 is 14.2 Å². The van der Waals surface area contributed by atoms with Gasteiger partial charge in [0, 0.05) is 18.3 Å². The van der Waals surface area contributed by atoms with Gasteiger partial charge in [0.1, 0.15) is 17.2 Å². The molecule has 214 valence electrons. The Hall–Kier alpha value is -5.22. The molecular weight excluding hydrogens is 532 g/mol. The highest BCUT2D eigenvalue weighted by Gasteiger charge is 2.11. The first-order valence-electron chi connectivity index (χ1n) is 12.1. The standard InChI is InChI=1S/C25H20O7.C6H10O3/c1-17(2)23(26)30-16-29-20-10-8-19(9-11-20)25(28)32-22-14-12-21(13-15-22)31-24(27)18-6-4-3-5-7-18;1-5(2)6(7)9-4-8-3/h3-15H,1,16H2,2H3;1,4H2,2-3H3. The van der Waals surface area contributed by atoms with E-state index in [0.29, 0.717) is 33.9 Å². The minimum absolute atomic E-state index is 0.00824. The van der Waals surface area contributed by atoms with Gasteiger partial charge in [0.05, 0.1) is 11.1 Å². The highest BCUT2D eigenvalue weighted by atomic mass is 16.7. The summed E-state index contributed by atoms with van der Waals surface area (Å²) in [5, 5.41) is 0. The number of esters is 4. The van der Waals surface area contributed by atoms with Crippen LogP contribution in [0.3, 0.4) is 0 Å². The average molecular weight is 563 g/mol. The van der Waals surface area contributed by atoms with Crippen LogP contribution >= 0.6 is 0 Å². The van der Waals surface area contributed by atoms with Crippen molar-refractivity contribution in [2.75, 3.05) is 20.7 Å². The second-order valence-corrected chi connectivity index (χ2v) is 8.23. The lowest BCUT2D eigenvalue weighted by Crippen LogP contribution is -2.11. The number of rotatable bonds is 11. The molecule has 10 nitrogen and oxygen atoms in total. The van der Waals surface area contributed by atoms with E-state index in [1.165, 1.54) is 50.4 Å². The van der Waals surface area contributed by atoms with Crippen LogP contribution in [0, 0.1) is 0 Å². The molecule has 0 spiro atoms. The maximum atomic E-state index is 12.3. The van der Waals surface area contributed by atoms with Crippen molar-refractivity contribution in [1.29, 1.82) is 0 Å². The van der Waals surface area contributed by atoms with Crippen LogP contribution in [0.5, 0.6) is 17.2 Å². The lowest BCUT2D eigenvalue weighted by atomic mass is 10.2. The Bertz CT molecular complexity index is 1340. The molecule has 0 saturated carbocycles. The van der Waals surface area contributed by atoms with Gasteiger partial charge >= 0.3 is 23.9 Å². The highest BCUT2D eigenvalue weighted by molar-refractivity contribution is 5.92. The van der Waals surface area contributed by atoms with Crippen LogP contribution in [-0.4, -0.2) is 44.6 Å². The molecule has 0 heterocycles. The van der Waals surface area contributed by atoms with Gasteiger partial charge in [-0.05, 0) is 74.5 Å². The zero-order valence-electron chi connectivity index (χ0n) is 22.9. The fraction of sp³-hybridized carbons (Fsp3) is 0.161. The van der Waals surface area contributed by atoms with Crippen molar-refractivity contribution in [3.63, 3.8) is 0 Å². The molecule has 0 amide bonds. The predicted octanol–water partition coefficient (Wildman–Crippen LogP) is 5.29. The SMILES string of the molecule is C=C(C)C(=O)OCOC.C=C(C)C(=O)OCOc1ccc(C(=O)Oc2ccc(OC(=O)c3ccccc3)cc2)cc1. The van der Waals surface area contributed by atoms with E-state index in [0.717, 1.165) is 0 Å². The number of hydrogen-bond donors (Lipinski definition) is 0. The zero-order valence-corrected chi connectivity index (χ0v) is 22.9. The van der Waals surface area contributed by atoms with Crippen molar-refractivity contribution >= 4 is 23.9 Å². The van der Waals surface area contributed by atoms with Crippen molar-refractivity contribution < 1.29 is 47.6 Å². The molecule has 0 unspecified atom stereocenters. The third-order valence-corrected chi connectivity index (χ3v) is 4.76. The molecule has 0 N–H and O–H groups in total. The summed E-state index contributed by atoms with van der Waals surface area (Å²) in [6, 6.07) is 20.9. The lowest BCUT2D eigenvalue weighted by Gasteiger charge is -2.09. The van der Waals surface area contributed by atoms with E-state index < -0.39 is 23.9 Å². The normalized spacial score (nSPS) is 9.73. The molecule has 0 atom stereocenters. The molecule has 3 aromatic carbocycles. The summed E-state index contributed by atoms with van der Waals surface area (Å²) in [6.07, 6.45) is 0. The van der Waals surface area contributed by atoms with Crippen LogP contribution in [0.15, 0.2) is 103 Å². The van der Waals surface area contributed by atoms with Crippen LogP contribution in [0.25, 0.3) is 0 Å². The molecule has 0 bridgehead atoms.